The second-order valence-corrected chi connectivity index (χ2v) is 7.54. The molecule has 1 atom stereocenters. The molecule has 0 N–H and O–H groups in total. The van der Waals surface area contributed by atoms with E-state index in [9.17, 15) is 0 Å². The van der Waals surface area contributed by atoms with Crippen LogP contribution in [0.25, 0.3) is 5.57 Å². The minimum absolute atomic E-state index is 0. The smallest absolute Gasteiger partial charge is 1.00 e. The van der Waals surface area contributed by atoms with E-state index in [1.165, 1.54) is 22.3 Å². The Bertz CT molecular complexity index is 600. The molecule has 0 spiro atoms. The van der Waals surface area contributed by atoms with Crippen LogP contribution in [0, 0.1) is 11.3 Å². The van der Waals surface area contributed by atoms with E-state index >= 15 is 0 Å². The van der Waals surface area contributed by atoms with Crippen molar-refractivity contribution < 1.29 is 52.5 Å². The largest absolute Gasteiger partial charge is 1.00 e. The van der Waals surface area contributed by atoms with Crippen LogP contribution >= 0.6 is 11.6 Å². The van der Waals surface area contributed by atoms with Gasteiger partial charge in [-0.3, -0.25) is 0 Å². The maximum absolute atomic E-state index is 6.54. The van der Waals surface area contributed by atoms with Crippen molar-refractivity contribution in [1.29, 1.82) is 0 Å². The van der Waals surface area contributed by atoms with Crippen LogP contribution in [0.5, 0.6) is 5.75 Å². The summed E-state index contributed by atoms with van der Waals surface area (Å²) in [5.41, 5.74) is 5.11. The van der Waals surface area contributed by atoms with Crippen molar-refractivity contribution in [3.8, 4) is 5.75 Å². The number of benzene rings is 1. The van der Waals surface area contributed by atoms with Gasteiger partial charge in [0.2, 0.25) is 0 Å². The fourth-order valence-corrected chi connectivity index (χ4v) is 4.04. The second kappa shape index (κ2) is 8.37. The Hall–Kier alpha value is 0.240. The van der Waals surface area contributed by atoms with E-state index in [1.54, 1.807) is 0 Å². The van der Waals surface area contributed by atoms with Gasteiger partial charge >= 0.3 is 143 Å². The minimum Gasteiger partial charge on any atom is -1.00 e. The van der Waals surface area contributed by atoms with Gasteiger partial charge in [0.1, 0.15) is 0 Å². The monoisotopic (exact) mass is 525 g/mol. The fourth-order valence-electron chi connectivity index (χ4n) is 3.19. The summed E-state index contributed by atoms with van der Waals surface area (Å²) in [5, 5.41) is 0.920. The summed E-state index contributed by atoms with van der Waals surface area (Å²) in [4.78, 5) is 0. The second-order valence-electron chi connectivity index (χ2n) is 6.43. The molecule has 1 aromatic carbocycles. The molecule has 1 aliphatic rings. The Morgan fingerprint density at radius 2 is 1.64 bits per heavy atom. The first-order chi connectivity index (χ1) is 9.29. The zero-order valence-electron chi connectivity index (χ0n) is 13.4. The molecule has 0 saturated heterocycles. The molecule has 0 saturated carbocycles. The molecule has 0 bridgehead atoms. The zero-order chi connectivity index (χ0) is 15.1. The van der Waals surface area contributed by atoms with Crippen LogP contribution in [0.2, 0.25) is 0 Å². The molecule has 1 nitrogen and oxygen atoms in total. The number of allylic oxidation sites excluding steroid dienone is 4. The molecule has 119 valence electrons. The molecule has 0 radical (unpaired) electrons. The summed E-state index contributed by atoms with van der Waals surface area (Å²) in [6, 6.07) is 8.29. The molecule has 0 aromatic heterocycles. The average molecular weight is 525 g/mol. The van der Waals surface area contributed by atoms with Crippen molar-refractivity contribution in [2.24, 2.45) is 11.3 Å². The van der Waals surface area contributed by atoms with E-state index in [0.29, 0.717) is 30.7 Å². The van der Waals surface area contributed by atoms with E-state index in [2.05, 4.69) is 46.8 Å². The average Bonchev–Trinajstić information content (AvgIpc) is 2.62. The van der Waals surface area contributed by atoms with Gasteiger partial charge in [-0.2, -0.15) is 0 Å². The molecule has 0 fully saturated rings. The molecular formula is C17H20Cl3HfO. The molecular weight excluding hydrogens is 505 g/mol. The van der Waals surface area contributed by atoms with E-state index in [4.69, 9.17) is 14.5 Å². The molecule has 0 aliphatic heterocycles. The number of rotatable bonds is 2. The summed E-state index contributed by atoms with van der Waals surface area (Å²) >= 11 is 7.24. The summed E-state index contributed by atoms with van der Waals surface area (Å²) in [5.74, 6) is 1.31. The van der Waals surface area contributed by atoms with Crippen LogP contribution < -0.4 is 27.7 Å². The first kappa shape index (κ1) is 22.2. The maximum atomic E-state index is 6.54. The summed E-state index contributed by atoms with van der Waals surface area (Å²) in [6.45, 7) is 11.1. The molecule has 22 heavy (non-hydrogen) atoms. The first-order valence-electron chi connectivity index (χ1n) is 6.79. The van der Waals surface area contributed by atoms with Crippen molar-refractivity contribution in [2.45, 2.75) is 34.6 Å². The van der Waals surface area contributed by atoms with Gasteiger partial charge < -0.3 is 24.8 Å². The van der Waals surface area contributed by atoms with Gasteiger partial charge in [0.05, 0.1) is 0 Å². The first-order valence-corrected chi connectivity index (χ1v) is 8.64. The van der Waals surface area contributed by atoms with Crippen molar-refractivity contribution >= 4 is 17.2 Å². The van der Waals surface area contributed by atoms with Crippen LogP contribution in [-0.4, -0.2) is 0 Å². The summed E-state index contributed by atoms with van der Waals surface area (Å²) in [7, 11) is 0. The molecule has 1 unspecified atom stereocenters. The van der Waals surface area contributed by atoms with Gasteiger partial charge in [0.15, 0.2) is 0 Å². The predicted molar refractivity (Wildman–Crippen MR) is 81.2 cm³/mol. The molecule has 1 aliphatic carbocycles. The van der Waals surface area contributed by atoms with Crippen LogP contribution in [0.3, 0.4) is 0 Å². The van der Waals surface area contributed by atoms with Crippen LogP contribution in [-0.2, 0) is 24.8 Å². The third-order valence-corrected chi connectivity index (χ3v) is 5.33. The summed E-state index contributed by atoms with van der Waals surface area (Å²) < 4.78 is 5.68. The number of hydrogen-bond acceptors (Lipinski definition) is 1. The van der Waals surface area contributed by atoms with Gasteiger partial charge in [0, 0.05) is 0 Å². The van der Waals surface area contributed by atoms with Gasteiger partial charge in [-0.15, -0.1) is 0 Å². The summed E-state index contributed by atoms with van der Waals surface area (Å²) in [6.07, 6.45) is 0. The number of hydrogen-bond donors (Lipinski definition) is 0. The standard InChI is InChI=1S/C17H21ClO.2ClH.Hf/c1-10-14(12-8-6-7-9-13(12)19)15(17(3,4)5)11(2)16(10)18;;;/h6-9,15,19H,1-5H3;2*1H;/q;;;+3/p-3. The van der Waals surface area contributed by atoms with Crippen molar-refractivity contribution in [3.05, 3.63) is 46.0 Å². The Morgan fingerprint density at radius 3 is 2.14 bits per heavy atom. The molecule has 1 aromatic rings. The third-order valence-electron chi connectivity index (χ3n) is 3.95. The van der Waals surface area contributed by atoms with Crippen molar-refractivity contribution in [1.82, 2.24) is 0 Å². The maximum Gasteiger partial charge on any atom is -1.00 e. The number of halogens is 3. The molecule has 0 amide bonds. The zero-order valence-corrected chi connectivity index (χ0v) is 19.3. The van der Waals surface area contributed by atoms with E-state index in [-0.39, 0.29) is 30.2 Å². The molecule has 2 rings (SSSR count). The van der Waals surface area contributed by atoms with E-state index in [1.807, 2.05) is 12.1 Å². The van der Waals surface area contributed by atoms with Crippen molar-refractivity contribution in [2.75, 3.05) is 0 Å². The van der Waals surface area contributed by atoms with E-state index < -0.39 is 0 Å². The van der Waals surface area contributed by atoms with Crippen molar-refractivity contribution in [3.63, 3.8) is 0 Å². The quantitative estimate of drug-likeness (QED) is 0.474. The van der Waals surface area contributed by atoms with Gasteiger partial charge in [-0.25, -0.2) is 0 Å². The molecule has 5 heteroatoms. The predicted octanol–water partition coefficient (Wildman–Crippen LogP) is -0.503. The van der Waals surface area contributed by atoms with Gasteiger partial charge in [-0.05, 0) is 0 Å². The fraction of sp³-hybridized carbons (Fsp3) is 0.412. The Morgan fingerprint density at radius 1 is 1.09 bits per heavy atom. The van der Waals surface area contributed by atoms with Crippen LogP contribution in [0.4, 0.5) is 0 Å². The molecule has 0 heterocycles. The Kier molecular flexibility index (Phi) is 8.46. The third kappa shape index (κ3) is 4.01. The normalized spacial score (nSPS) is 18.1. The minimum atomic E-state index is 0. The Balaban J connectivity index is 0.00000220. The SMILES string of the molecule is CC1=C(c2ccccc2[O][Hf+2])C(C(C)(C)C)C(C)=C1Cl.[Cl-].[Cl-]. The van der Waals surface area contributed by atoms with Crippen LogP contribution in [0.1, 0.15) is 40.2 Å². The van der Waals surface area contributed by atoms with E-state index in [0.717, 1.165) is 10.8 Å². The van der Waals surface area contributed by atoms with Crippen LogP contribution in [0.15, 0.2) is 40.4 Å². The van der Waals surface area contributed by atoms with Gasteiger partial charge in [0.25, 0.3) is 0 Å². The number of para-hydroxylation sites is 1. The van der Waals surface area contributed by atoms with Gasteiger partial charge in [-0.1, -0.05) is 0 Å². The Labute approximate surface area is 166 Å². The topological polar surface area (TPSA) is 9.23 Å².